The van der Waals surface area contributed by atoms with E-state index in [1.54, 1.807) is 6.07 Å². The van der Waals surface area contributed by atoms with Crippen LogP contribution < -0.4 is 24.8 Å². The van der Waals surface area contributed by atoms with Gasteiger partial charge in [-0.25, -0.2) is 14.4 Å². The number of rotatable bonds is 11. The molecule has 0 saturated heterocycles. The van der Waals surface area contributed by atoms with Crippen molar-refractivity contribution in [3.8, 4) is 38.5 Å². The normalized spacial score (nSPS) is 11.0. The third kappa shape index (κ3) is 7.22. The van der Waals surface area contributed by atoms with Gasteiger partial charge in [-0.1, -0.05) is 16.3 Å². The van der Waals surface area contributed by atoms with Crippen LogP contribution in [0.4, 0.5) is 14.7 Å². The summed E-state index contributed by atoms with van der Waals surface area (Å²) in [5.74, 6) is -1.43. The summed E-state index contributed by atoms with van der Waals surface area (Å²) in [6.07, 6.45) is 4.27. The van der Waals surface area contributed by atoms with Crippen LogP contribution in [0.1, 0.15) is 37.1 Å². The third-order valence-electron chi connectivity index (χ3n) is 7.47. The summed E-state index contributed by atoms with van der Waals surface area (Å²) in [5.41, 5.74) is 4.54. The SMILES string of the molecule is COc1nnc(NC(=O)c2cnc(C)cc2-c2ccc3sc(Cc4cc(-c5cc(F)cnc5OC)c(C(=O)Nc5nnc(OC)s5)cn4)nc3c2)s1. The van der Waals surface area contributed by atoms with Gasteiger partial charge in [0.05, 0.1) is 53.9 Å². The molecule has 0 fully saturated rings. The van der Waals surface area contributed by atoms with Gasteiger partial charge in [0.2, 0.25) is 16.1 Å². The molecule has 0 aliphatic carbocycles. The van der Waals surface area contributed by atoms with Crippen molar-refractivity contribution >= 4 is 66.3 Å². The maximum Gasteiger partial charge on any atom is 0.295 e. The number of amides is 2. The van der Waals surface area contributed by atoms with E-state index in [0.29, 0.717) is 44.6 Å². The first-order chi connectivity index (χ1) is 25.2. The van der Waals surface area contributed by atoms with E-state index < -0.39 is 17.6 Å². The molecular weight excluding hydrogens is 732 g/mol. The predicted molar refractivity (Wildman–Crippen MR) is 193 cm³/mol. The van der Waals surface area contributed by atoms with Crippen molar-refractivity contribution in [2.75, 3.05) is 32.0 Å². The van der Waals surface area contributed by atoms with Crippen molar-refractivity contribution in [1.82, 2.24) is 40.3 Å². The Morgan fingerprint density at radius 3 is 2.06 bits per heavy atom. The van der Waals surface area contributed by atoms with Gasteiger partial charge in [-0.05, 0) is 71.1 Å². The molecule has 19 heteroatoms. The van der Waals surface area contributed by atoms with Crippen LogP contribution in [0.2, 0.25) is 0 Å². The van der Waals surface area contributed by atoms with E-state index in [0.717, 1.165) is 49.8 Å². The van der Waals surface area contributed by atoms with Crippen LogP contribution in [0.5, 0.6) is 16.3 Å². The zero-order valence-corrected chi connectivity index (χ0v) is 30.1. The van der Waals surface area contributed by atoms with Crippen molar-refractivity contribution in [3.63, 3.8) is 0 Å². The number of hydrogen-bond donors (Lipinski definition) is 2. The number of halogens is 1. The van der Waals surface area contributed by atoms with Crippen molar-refractivity contribution in [2.45, 2.75) is 13.3 Å². The molecule has 7 aromatic rings. The van der Waals surface area contributed by atoms with Crippen LogP contribution in [-0.4, -0.2) is 73.5 Å². The largest absolute Gasteiger partial charge is 0.481 e. The van der Waals surface area contributed by atoms with E-state index >= 15 is 0 Å². The van der Waals surface area contributed by atoms with E-state index in [9.17, 15) is 14.0 Å². The highest BCUT2D eigenvalue weighted by Crippen LogP contribution is 2.35. The predicted octanol–water partition coefficient (Wildman–Crippen LogP) is 6.09. The number of pyridine rings is 3. The maximum atomic E-state index is 14.5. The zero-order chi connectivity index (χ0) is 36.4. The van der Waals surface area contributed by atoms with E-state index in [1.165, 1.54) is 51.1 Å². The second-order valence-corrected chi connectivity index (χ2v) is 13.8. The highest BCUT2D eigenvalue weighted by atomic mass is 32.1. The average molecular weight is 757 g/mol. The number of thiazole rings is 1. The number of aryl methyl sites for hydroxylation is 1. The topological polar surface area (TPSA) is 189 Å². The second kappa shape index (κ2) is 14.7. The number of carbonyl (C=O) groups excluding carboxylic acids is 2. The molecule has 1 aromatic carbocycles. The first kappa shape index (κ1) is 34.4. The summed E-state index contributed by atoms with van der Waals surface area (Å²) in [6, 6.07) is 10.5. The lowest BCUT2D eigenvalue weighted by Gasteiger charge is -2.13. The van der Waals surface area contributed by atoms with Gasteiger partial charge in [-0.3, -0.25) is 30.2 Å². The minimum atomic E-state index is -0.609. The zero-order valence-electron chi connectivity index (χ0n) is 27.6. The molecule has 0 spiro atoms. The van der Waals surface area contributed by atoms with Crippen molar-refractivity contribution in [1.29, 1.82) is 0 Å². The summed E-state index contributed by atoms with van der Waals surface area (Å²) >= 11 is 3.63. The molecule has 0 radical (unpaired) electrons. The molecule has 262 valence electrons. The molecule has 52 heavy (non-hydrogen) atoms. The van der Waals surface area contributed by atoms with Crippen molar-refractivity contribution in [2.24, 2.45) is 0 Å². The number of aromatic nitrogens is 8. The summed E-state index contributed by atoms with van der Waals surface area (Å²) in [6.45, 7) is 1.85. The minimum absolute atomic E-state index is 0.125. The lowest BCUT2D eigenvalue weighted by atomic mass is 10.00. The molecule has 7 rings (SSSR count). The van der Waals surface area contributed by atoms with Crippen molar-refractivity contribution in [3.05, 3.63) is 88.3 Å². The molecule has 0 aliphatic rings. The number of anilines is 2. The summed E-state index contributed by atoms with van der Waals surface area (Å²) < 4.78 is 31.0. The summed E-state index contributed by atoms with van der Waals surface area (Å²) in [7, 11) is 4.33. The number of nitrogens with one attached hydrogen (secondary N) is 2. The number of fused-ring (bicyclic) bond motifs is 1. The van der Waals surface area contributed by atoms with Gasteiger partial charge >= 0.3 is 0 Å². The van der Waals surface area contributed by atoms with Crippen LogP contribution in [0.3, 0.4) is 0 Å². The molecule has 0 bridgehead atoms. The highest BCUT2D eigenvalue weighted by molar-refractivity contribution is 7.18. The molecule has 0 aliphatic heterocycles. The Hall–Kier alpha value is -6.05. The van der Waals surface area contributed by atoms with E-state index in [2.05, 4.69) is 46.0 Å². The van der Waals surface area contributed by atoms with Crippen LogP contribution in [0, 0.1) is 12.7 Å². The lowest BCUT2D eigenvalue weighted by Crippen LogP contribution is -2.14. The van der Waals surface area contributed by atoms with E-state index in [4.69, 9.17) is 19.2 Å². The van der Waals surface area contributed by atoms with Gasteiger partial charge in [-0.2, -0.15) is 0 Å². The average Bonchev–Trinajstić information content (AvgIpc) is 3.90. The van der Waals surface area contributed by atoms with Crippen molar-refractivity contribution < 1.29 is 28.2 Å². The highest BCUT2D eigenvalue weighted by Gasteiger charge is 2.22. The molecule has 2 N–H and O–H groups in total. The molecule has 15 nitrogen and oxygen atoms in total. The maximum absolute atomic E-state index is 14.5. The van der Waals surface area contributed by atoms with Gasteiger partial charge in [0, 0.05) is 41.3 Å². The molecular formula is C33H25FN10O5S3. The second-order valence-electron chi connectivity index (χ2n) is 10.8. The Balaban J connectivity index is 1.20. The molecule has 0 saturated carbocycles. The molecule has 6 heterocycles. The van der Waals surface area contributed by atoms with Gasteiger partial charge in [-0.15, -0.1) is 21.5 Å². The Kier molecular flexibility index (Phi) is 9.70. The number of benzene rings is 1. The first-order valence-electron chi connectivity index (χ1n) is 15.1. The van der Waals surface area contributed by atoms with Gasteiger partial charge in [0.1, 0.15) is 5.82 Å². The number of methoxy groups -OCH3 is 3. The Bertz CT molecular complexity index is 2470. The van der Waals surface area contributed by atoms with E-state index in [1.807, 2.05) is 31.2 Å². The Morgan fingerprint density at radius 2 is 1.40 bits per heavy atom. The van der Waals surface area contributed by atoms with Crippen LogP contribution in [-0.2, 0) is 6.42 Å². The molecule has 6 aromatic heterocycles. The van der Waals surface area contributed by atoms with Gasteiger partial charge in [0.15, 0.2) is 0 Å². The molecule has 2 amide bonds. The van der Waals surface area contributed by atoms with Gasteiger partial charge in [0.25, 0.3) is 22.2 Å². The lowest BCUT2D eigenvalue weighted by molar-refractivity contribution is 0.101. The fraction of sp³-hybridized carbons (Fsp3) is 0.152. The Morgan fingerprint density at radius 1 is 0.731 bits per heavy atom. The fourth-order valence-corrected chi connectivity index (χ4v) is 7.22. The summed E-state index contributed by atoms with van der Waals surface area (Å²) in [5, 5.41) is 22.9. The standard InChI is InChI=1S/C33H25FN10O5S3/c1-15-7-19(22(13-35-15)27(45)39-30-41-43-32(48-3)51-30)16-5-6-25-24(8-16)38-26(50-25)11-18-10-20(21-9-17(34)12-37-29(21)47-2)23(14-36-18)28(46)40-31-42-44-33(49-4)52-31/h5-10,12-14H,11H2,1-4H3,(H,39,41,45)(H,40,42,46). The van der Waals surface area contributed by atoms with Crippen LogP contribution in [0.25, 0.3) is 32.5 Å². The molecule has 0 unspecified atom stereocenters. The summed E-state index contributed by atoms with van der Waals surface area (Å²) in [4.78, 5) is 44.6. The Labute approximate surface area is 305 Å². The number of ether oxygens (including phenoxy) is 3. The molecule has 0 atom stereocenters. The number of nitrogens with zero attached hydrogens (tertiary/aromatic N) is 8. The smallest absolute Gasteiger partial charge is 0.295 e. The third-order valence-corrected chi connectivity index (χ3v) is 10.1. The first-order valence-corrected chi connectivity index (χ1v) is 17.6. The van der Waals surface area contributed by atoms with Crippen LogP contribution in [0.15, 0.2) is 55.0 Å². The fourth-order valence-electron chi connectivity index (χ4n) is 5.15. The number of carbonyl (C=O) groups is 2. The monoisotopic (exact) mass is 756 g/mol. The minimum Gasteiger partial charge on any atom is -0.481 e. The van der Waals surface area contributed by atoms with Gasteiger partial charge < -0.3 is 14.2 Å². The van der Waals surface area contributed by atoms with E-state index in [-0.39, 0.29) is 27.3 Å². The van der Waals surface area contributed by atoms with Crippen LogP contribution >= 0.6 is 34.0 Å². The number of hydrogen-bond acceptors (Lipinski definition) is 16. The quantitative estimate of drug-likeness (QED) is 0.155.